The zero-order valence-corrected chi connectivity index (χ0v) is 7.85. The first-order valence-electron chi connectivity index (χ1n) is 4.05. The smallest absolute Gasteiger partial charge is 0.292 e. The molecule has 0 aromatic carbocycles. The van der Waals surface area contributed by atoms with Crippen molar-refractivity contribution in [1.29, 1.82) is 5.26 Å². The molecule has 16 heavy (non-hydrogen) atoms. The van der Waals surface area contributed by atoms with Gasteiger partial charge in [0.2, 0.25) is 0 Å². The maximum absolute atomic E-state index is 12.6. The molecule has 8 heteroatoms. The van der Waals surface area contributed by atoms with E-state index in [4.69, 9.17) is 11.0 Å². The maximum atomic E-state index is 12.6. The van der Waals surface area contributed by atoms with Crippen LogP contribution in [-0.2, 0) is 6.42 Å². The number of pyridine rings is 1. The zero-order chi connectivity index (χ0) is 12.3. The minimum atomic E-state index is -3.00. The Bertz CT molecular complexity index is 470. The minimum Gasteiger partial charge on any atom is -0.383 e. The molecule has 0 saturated carbocycles. The fraction of sp³-hybridized carbons (Fsp3) is 0.250. The van der Waals surface area contributed by atoms with Gasteiger partial charge in [-0.2, -0.15) is 5.26 Å². The van der Waals surface area contributed by atoms with Crippen molar-refractivity contribution >= 4 is 11.5 Å². The number of alkyl halides is 2. The van der Waals surface area contributed by atoms with E-state index in [1.54, 1.807) is 6.07 Å². The third kappa shape index (κ3) is 2.03. The Morgan fingerprint density at radius 3 is 2.75 bits per heavy atom. The van der Waals surface area contributed by atoms with Crippen LogP contribution in [0.1, 0.15) is 17.6 Å². The molecule has 0 amide bonds. The van der Waals surface area contributed by atoms with Crippen LogP contribution >= 0.6 is 0 Å². The lowest BCUT2D eigenvalue weighted by atomic mass is 10.1. The van der Waals surface area contributed by atoms with Gasteiger partial charge in [-0.15, -0.1) is 0 Å². The Kier molecular flexibility index (Phi) is 3.30. The van der Waals surface area contributed by atoms with Gasteiger partial charge in [0.15, 0.2) is 0 Å². The van der Waals surface area contributed by atoms with Gasteiger partial charge in [-0.25, -0.2) is 13.8 Å². The van der Waals surface area contributed by atoms with E-state index in [1.807, 2.05) is 0 Å². The predicted octanol–water partition coefficient (Wildman–Crippen LogP) is 1.58. The Labute approximate surface area is 88.5 Å². The van der Waals surface area contributed by atoms with Gasteiger partial charge in [0.1, 0.15) is 12.0 Å². The highest BCUT2D eigenvalue weighted by Crippen LogP contribution is 2.32. The van der Waals surface area contributed by atoms with E-state index in [1.165, 1.54) is 0 Å². The molecule has 1 aromatic heterocycles. The van der Waals surface area contributed by atoms with Gasteiger partial charge in [0.05, 0.1) is 28.5 Å². The number of aromatic nitrogens is 1. The molecule has 1 heterocycles. The first-order chi connectivity index (χ1) is 7.49. The summed E-state index contributed by atoms with van der Waals surface area (Å²) in [5.41, 5.74) is 3.46. The summed E-state index contributed by atoms with van der Waals surface area (Å²) in [7, 11) is 0. The lowest BCUT2D eigenvalue weighted by molar-refractivity contribution is -0.385. The predicted molar refractivity (Wildman–Crippen MR) is 49.6 cm³/mol. The van der Waals surface area contributed by atoms with Crippen LogP contribution in [0.3, 0.4) is 0 Å². The van der Waals surface area contributed by atoms with Gasteiger partial charge in [-0.05, 0) is 0 Å². The van der Waals surface area contributed by atoms with Crippen LogP contribution < -0.4 is 5.73 Å². The molecule has 84 valence electrons. The first kappa shape index (κ1) is 11.8. The summed E-state index contributed by atoms with van der Waals surface area (Å²) in [6.07, 6.45) is -2.74. The van der Waals surface area contributed by atoms with E-state index < -0.39 is 34.8 Å². The van der Waals surface area contributed by atoms with Crippen molar-refractivity contribution in [2.45, 2.75) is 12.8 Å². The molecule has 0 fully saturated rings. The fourth-order valence-corrected chi connectivity index (χ4v) is 1.24. The molecule has 6 nitrogen and oxygen atoms in total. The summed E-state index contributed by atoms with van der Waals surface area (Å²) < 4.78 is 25.2. The molecule has 0 aliphatic rings. The van der Waals surface area contributed by atoms with Crippen LogP contribution in [0.15, 0.2) is 6.20 Å². The highest BCUT2D eigenvalue weighted by Gasteiger charge is 2.26. The average Bonchev–Trinajstić information content (AvgIpc) is 2.17. The fourth-order valence-electron chi connectivity index (χ4n) is 1.24. The summed E-state index contributed by atoms with van der Waals surface area (Å²) in [6.45, 7) is 0. The second-order valence-corrected chi connectivity index (χ2v) is 2.81. The average molecular weight is 228 g/mol. The van der Waals surface area contributed by atoms with E-state index in [9.17, 15) is 18.9 Å². The molecular weight excluding hydrogens is 222 g/mol. The van der Waals surface area contributed by atoms with E-state index >= 15 is 0 Å². The van der Waals surface area contributed by atoms with E-state index in [0.717, 1.165) is 6.20 Å². The Morgan fingerprint density at radius 1 is 1.69 bits per heavy atom. The third-order valence-electron chi connectivity index (χ3n) is 1.91. The van der Waals surface area contributed by atoms with Gasteiger partial charge in [0.25, 0.3) is 12.1 Å². The standard InChI is InChI=1S/C8H6F2N4O2/c9-7(10)6-4(1-2-11)5(14(15)16)3-13-8(6)12/h3,7H,1H2,(H2,12,13). The number of anilines is 1. The van der Waals surface area contributed by atoms with Crippen LogP contribution in [0, 0.1) is 21.4 Å². The van der Waals surface area contributed by atoms with Crippen LogP contribution in [0.25, 0.3) is 0 Å². The van der Waals surface area contributed by atoms with Crippen LogP contribution in [0.2, 0.25) is 0 Å². The minimum absolute atomic E-state index is 0.380. The lowest BCUT2D eigenvalue weighted by Gasteiger charge is -2.08. The molecule has 0 aliphatic carbocycles. The molecule has 0 radical (unpaired) electrons. The molecule has 0 spiro atoms. The number of hydrogen-bond donors (Lipinski definition) is 1. The second kappa shape index (κ2) is 4.48. The molecule has 1 rings (SSSR count). The van der Waals surface area contributed by atoms with Crippen molar-refractivity contribution in [2.24, 2.45) is 0 Å². The van der Waals surface area contributed by atoms with Crippen molar-refractivity contribution in [3.8, 4) is 6.07 Å². The summed E-state index contributed by atoms with van der Waals surface area (Å²) in [6, 6.07) is 1.58. The zero-order valence-electron chi connectivity index (χ0n) is 7.85. The summed E-state index contributed by atoms with van der Waals surface area (Å²) in [4.78, 5) is 13.0. The molecule has 1 aromatic rings. The number of rotatable bonds is 3. The van der Waals surface area contributed by atoms with Crippen molar-refractivity contribution in [3.63, 3.8) is 0 Å². The molecular formula is C8H6F2N4O2. The van der Waals surface area contributed by atoms with Crippen molar-refractivity contribution in [3.05, 3.63) is 27.4 Å². The van der Waals surface area contributed by atoms with Crippen LogP contribution in [-0.4, -0.2) is 9.91 Å². The van der Waals surface area contributed by atoms with Gasteiger partial charge >= 0.3 is 0 Å². The van der Waals surface area contributed by atoms with Crippen molar-refractivity contribution < 1.29 is 13.7 Å². The number of nitrogens with zero attached hydrogens (tertiary/aromatic N) is 3. The number of nitriles is 1. The Hall–Kier alpha value is -2.30. The monoisotopic (exact) mass is 228 g/mol. The molecule has 0 atom stereocenters. The lowest BCUT2D eigenvalue weighted by Crippen LogP contribution is -2.06. The second-order valence-electron chi connectivity index (χ2n) is 2.81. The molecule has 0 saturated heterocycles. The third-order valence-corrected chi connectivity index (χ3v) is 1.91. The number of hydrogen-bond acceptors (Lipinski definition) is 5. The number of nitrogens with two attached hydrogens (primary N) is 1. The SMILES string of the molecule is N#CCc1c([N+](=O)[O-])cnc(N)c1C(F)F. The largest absolute Gasteiger partial charge is 0.383 e. The van der Waals surface area contributed by atoms with Crippen molar-refractivity contribution in [1.82, 2.24) is 4.98 Å². The number of halogens is 2. The Balaban J connectivity index is 3.50. The number of nitro groups is 1. The van der Waals surface area contributed by atoms with Gasteiger partial charge in [-0.1, -0.05) is 0 Å². The normalized spacial score (nSPS) is 10.1. The van der Waals surface area contributed by atoms with Gasteiger partial charge in [0, 0.05) is 0 Å². The highest BCUT2D eigenvalue weighted by molar-refractivity contribution is 5.55. The van der Waals surface area contributed by atoms with E-state index in [-0.39, 0.29) is 5.56 Å². The quantitative estimate of drug-likeness (QED) is 0.624. The molecule has 0 aliphatic heterocycles. The van der Waals surface area contributed by atoms with E-state index in [0.29, 0.717) is 0 Å². The molecule has 0 bridgehead atoms. The summed E-state index contributed by atoms with van der Waals surface area (Å²) in [5.74, 6) is -0.495. The maximum Gasteiger partial charge on any atom is 0.292 e. The van der Waals surface area contributed by atoms with Gasteiger partial charge < -0.3 is 5.73 Å². The van der Waals surface area contributed by atoms with Crippen molar-refractivity contribution in [2.75, 3.05) is 5.73 Å². The topological polar surface area (TPSA) is 106 Å². The van der Waals surface area contributed by atoms with Gasteiger partial charge in [-0.3, -0.25) is 10.1 Å². The summed E-state index contributed by atoms with van der Waals surface area (Å²) in [5, 5.41) is 19.0. The van der Waals surface area contributed by atoms with E-state index in [2.05, 4.69) is 4.98 Å². The Morgan fingerprint density at radius 2 is 2.31 bits per heavy atom. The highest BCUT2D eigenvalue weighted by atomic mass is 19.3. The molecule has 2 N–H and O–H groups in total. The van der Waals surface area contributed by atoms with Crippen LogP contribution in [0.5, 0.6) is 0 Å². The summed E-state index contributed by atoms with van der Waals surface area (Å²) >= 11 is 0. The van der Waals surface area contributed by atoms with Crippen LogP contribution in [0.4, 0.5) is 20.3 Å². The first-order valence-corrected chi connectivity index (χ1v) is 4.05. The number of nitrogen functional groups attached to an aromatic ring is 1. The molecule has 0 unspecified atom stereocenters.